The Labute approximate surface area is 132 Å². The summed E-state index contributed by atoms with van der Waals surface area (Å²) < 4.78 is 0. The zero-order chi connectivity index (χ0) is 14.0. The smallest absolute Gasteiger partial charge is 0 e. The summed E-state index contributed by atoms with van der Waals surface area (Å²) in [6.07, 6.45) is 0. The van der Waals surface area contributed by atoms with E-state index in [2.05, 4.69) is 94.0 Å². The van der Waals surface area contributed by atoms with Gasteiger partial charge in [-0.3, -0.25) is 0 Å². The van der Waals surface area contributed by atoms with Crippen LogP contribution in [0.5, 0.6) is 0 Å². The van der Waals surface area contributed by atoms with Crippen molar-refractivity contribution in [3.05, 3.63) is 72.8 Å². The van der Waals surface area contributed by atoms with Crippen molar-refractivity contribution in [3.8, 4) is 0 Å². The van der Waals surface area contributed by atoms with Crippen LogP contribution in [0.25, 0.3) is 0 Å². The molecule has 106 valence electrons. The van der Waals surface area contributed by atoms with Crippen LogP contribution < -0.4 is 10.6 Å². The van der Waals surface area contributed by atoms with Gasteiger partial charge in [0.05, 0.1) is 0 Å². The average molecular weight is 335 g/mol. The first kappa shape index (κ1) is 20.8. The molecule has 0 N–H and O–H groups in total. The summed E-state index contributed by atoms with van der Waals surface area (Å²) in [5.74, 6) is 0. The maximum atomic E-state index is 3.00. The second-order valence-corrected chi connectivity index (χ2v) is 5.15. The van der Waals surface area contributed by atoms with Crippen molar-refractivity contribution in [1.29, 1.82) is 0 Å². The molecule has 0 aliphatic carbocycles. The minimum Gasteiger partial charge on any atom is -0.106 e. The first-order valence-electron chi connectivity index (χ1n) is 5.72. The van der Waals surface area contributed by atoms with Crippen LogP contribution in [-0.2, 0) is 16.5 Å². The van der Waals surface area contributed by atoms with E-state index in [4.69, 9.17) is 0 Å². The molecule has 0 amide bonds. The third-order valence-electron chi connectivity index (χ3n) is 2.15. The summed E-state index contributed by atoms with van der Waals surface area (Å²) in [6.45, 7) is 10.2. The molecule has 0 aromatic heterocycles. The van der Waals surface area contributed by atoms with Gasteiger partial charge in [0.15, 0.2) is 0 Å². The maximum absolute atomic E-state index is 3.00. The Morgan fingerprint density at radius 3 is 1.00 bits per heavy atom. The molecule has 0 bridgehead atoms. The Hall–Kier alpha value is -0.466. The van der Waals surface area contributed by atoms with E-state index in [-0.39, 0.29) is 16.5 Å². The first-order chi connectivity index (χ1) is 8.58. The standard InChI is InChI=1S/2C7H9P.C2H4.Ni/c2*1-6-2-4-7(8)5-3-6;1-2;/h2*2-5H,8H2,1H3;1-2H2;. The molecule has 0 radical (unpaired) electrons. The van der Waals surface area contributed by atoms with Gasteiger partial charge in [0.1, 0.15) is 0 Å². The molecule has 0 spiro atoms. The Morgan fingerprint density at radius 1 is 0.632 bits per heavy atom. The molecule has 2 rings (SSSR count). The van der Waals surface area contributed by atoms with Gasteiger partial charge in [-0.05, 0) is 24.5 Å². The van der Waals surface area contributed by atoms with Gasteiger partial charge in [0.25, 0.3) is 0 Å². The van der Waals surface area contributed by atoms with Crippen LogP contribution in [0.4, 0.5) is 0 Å². The number of hydrogen-bond donors (Lipinski definition) is 0. The van der Waals surface area contributed by atoms with Gasteiger partial charge in [0, 0.05) is 16.5 Å². The number of aryl methyl sites for hydroxylation is 2. The fraction of sp³-hybridized carbons (Fsp3) is 0.125. The monoisotopic (exact) mass is 334 g/mol. The third kappa shape index (κ3) is 11.1. The normalized spacial score (nSPS) is 8.00. The molecule has 2 atom stereocenters. The predicted octanol–water partition coefficient (Wildman–Crippen LogP) is 3.79. The van der Waals surface area contributed by atoms with E-state index in [1.807, 2.05) is 0 Å². The van der Waals surface area contributed by atoms with E-state index in [1.165, 1.54) is 21.7 Å². The quantitative estimate of drug-likeness (QED) is 0.390. The summed E-state index contributed by atoms with van der Waals surface area (Å²) in [7, 11) is 5.30. The van der Waals surface area contributed by atoms with Crippen LogP contribution in [0, 0.1) is 13.8 Å². The average Bonchev–Trinajstić information content (AvgIpc) is 2.40. The maximum Gasteiger partial charge on any atom is 0 e. The molecular weight excluding hydrogens is 313 g/mol. The zero-order valence-corrected chi connectivity index (χ0v) is 14.8. The molecule has 0 fully saturated rings. The number of rotatable bonds is 0. The van der Waals surface area contributed by atoms with Gasteiger partial charge in [-0.1, -0.05) is 59.7 Å². The minimum atomic E-state index is 0. The van der Waals surface area contributed by atoms with E-state index in [9.17, 15) is 0 Å². The van der Waals surface area contributed by atoms with Gasteiger partial charge in [-0.25, -0.2) is 0 Å². The summed E-state index contributed by atoms with van der Waals surface area (Å²) in [4.78, 5) is 0. The van der Waals surface area contributed by atoms with Crippen LogP contribution in [0.15, 0.2) is 61.7 Å². The fourth-order valence-corrected chi connectivity index (χ4v) is 1.52. The van der Waals surface area contributed by atoms with Crippen molar-refractivity contribution in [1.82, 2.24) is 0 Å². The minimum absolute atomic E-state index is 0. The Morgan fingerprint density at radius 2 is 0.842 bits per heavy atom. The van der Waals surface area contributed by atoms with Crippen molar-refractivity contribution >= 4 is 29.1 Å². The van der Waals surface area contributed by atoms with E-state index in [0.717, 1.165) is 0 Å². The van der Waals surface area contributed by atoms with Crippen molar-refractivity contribution in [2.45, 2.75) is 13.8 Å². The van der Waals surface area contributed by atoms with Gasteiger partial charge in [0.2, 0.25) is 0 Å². The summed E-state index contributed by atoms with van der Waals surface area (Å²) in [6, 6.07) is 16.7. The van der Waals surface area contributed by atoms with E-state index in [0.29, 0.717) is 0 Å². The molecule has 19 heavy (non-hydrogen) atoms. The largest absolute Gasteiger partial charge is 0.106 e. The second-order valence-electron chi connectivity index (χ2n) is 3.82. The van der Waals surface area contributed by atoms with E-state index >= 15 is 0 Å². The van der Waals surface area contributed by atoms with Crippen LogP contribution in [0.2, 0.25) is 0 Å². The molecule has 0 aliphatic heterocycles. The Bertz CT molecular complexity index is 350. The van der Waals surface area contributed by atoms with Crippen LogP contribution in [0.3, 0.4) is 0 Å². The Kier molecular flexibility index (Phi) is 13.8. The molecule has 0 nitrogen and oxygen atoms in total. The molecule has 3 heteroatoms. The van der Waals surface area contributed by atoms with Crippen LogP contribution >= 0.6 is 18.5 Å². The number of hydrogen-bond acceptors (Lipinski definition) is 0. The summed E-state index contributed by atoms with van der Waals surface area (Å²) in [5, 5.41) is 2.49. The SMILES string of the molecule is C=C.Cc1ccc(P)cc1.Cc1ccc(P)cc1.[Ni]. The molecular formula is C16H22NiP2. The fourth-order valence-electron chi connectivity index (χ4n) is 1.13. The van der Waals surface area contributed by atoms with E-state index in [1.54, 1.807) is 0 Å². The van der Waals surface area contributed by atoms with Crippen molar-refractivity contribution < 1.29 is 16.5 Å². The zero-order valence-electron chi connectivity index (χ0n) is 11.5. The molecule has 2 aromatic rings. The molecule has 0 saturated carbocycles. The molecule has 0 aliphatic rings. The second kappa shape index (κ2) is 12.6. The summed E-state index contributed by atoms with van der Waals surface area (Å²) >= 11 is 0. The summed E-state index contributed by atoms with van der Waals surface area (Å²) in [5.41, 5.74) is 2.63. The van der Waals surface area contributed by atoms with Crippen LogP contribution in [-0.4, -0.2) is 0 Å². The molecule has 0 heterocycles. The van der Waals surface area contributed by atoms with Gasteiger partial charge >= 0.3 is 0 Å². The number of benzene rings is 2. The molecule has 2 unspecified atom stereocenters. The topological polar surface area (TPSA) is 0 Å². The molecule has 2 aromatic carbocycles. The van der Waals surface area contributed by atoms with Gasteiger partial charge in [-0.15, -0.1) is 31.6 Å². The van der Waals surface area contributed by atoms with Gasteiger partial charge in [-0.2, -0.15) is 0 Å². The van der Waals surface area contributed by atoms with Crippen molar-refractivity contribution in [3.63, 3.8) is 0 Å². The van der Waals surface area contributed by atoms with Gasteiger partial charge < -0.3 is 0 Å². The first-order valence-corrected chi connectivity index (χ1v) is 6.87. The van der Waals surface area contributed by atoms with Crippen molar-refractivity contribution in [2.75, 3.05) is 0 Å². The van der Waals surface area contributed by atoms with E-state index < -0.39 is 0 Å². The Balaban J connectivity index is 0. The molecule has 0 saturated heterocycles. The third-order valence-corrected chi connectivity index (χ3v) is 2.92. The predicted molar refractivity (Wildman–Crippen MR) is 92.3 cm³/mol. The van der Waals surface area contributed by atoms with Crippen molar-refractivity contribution in [2.24, 2.45) is 0 Å². The van der Waals surface area contributed by atoms with Crippen LogP contribution in [0.1, 0.15) is 11.1 Å².